The maximum atomic E-state index is 5.55. The van der Waals surface area contributed by atoms with E-state index >= 15 is 0 Å². The zero-order valence-corrected chi connectivity index (χ0v) is 18.1. The Bertz CT molecular complexity index is 602. The van der Waals surface area contributed by atoms with Gasteiger partial charge in [-0.05, 0) is 91.9 Å². The summed E-state index contributed by atoms with van der Waals surface area (Å²) in [6.07, 6.45) is 13.8. The Morgan fingerprint density at radius 3 is 2.44 bits per heavy atom. The fraction of sp³-hybridized carbons (Fsp3) is 0.760. The molecule has 27 heavy (non-hydrogen) atoms. The van der Waals surface area contributed by atoms with Crippen molar-refractivity contribution in [1.29, 1.82) is 0 Å². The highest BCUT2D eigenvalue weighted by atomic mass is 16.5. The Morgan fingerprint density at radius 1 is 1.11 bits per heavy atom. The van der Waals surface area contributed by atoms with Gasteiger partial charge in [0, 0.05) is 6.04 Å². The first-order valence-corrected chi connectivity index (χ1v) is 11.4. The van der Waals surface area contributed by atoms with Crippen LogP contribution in [0.2, 0.25) is 0 Å². The van der Waals surface area contributed by atoms with Gasteiger partial charge in [0.05, 0.1) is 7.11 Å². The SMILES string of the molecule is CC(N)C1CC1.CCc1ccc(OC)cc1[C@@]12CCCCC1[C@@H](C)CCC2. The second-order valence-corrected chi connectivity index (χ2v) is 9.45. The Morgan fingerprint density at radius 2 is 1.85 bits per heavy atom. The predicted molar refractivity (Wildman–Crippen MR) is 115 cm³/mol. The monoisotopic (exact) mass is 371 g/mol. The average Bonchev–Trinajstić information content (AvgIpc) is 3.54. The molecule has 152 valence electrons. The largest absolute Gasteiger partial charge is 0.497 e. The molecule has 1 aromatic carbocycles. The van der Waals surface area contributed by atoms with Crippen molar-refractivity contribution in [2.45, 2.75) is 96.4 Å². The summed E-state index contributed by atoms with van der Waals surface area (Å²) in [4.78, 5) is 0. The second kappa shape index (κ2) is 8.99. The number of methoxy groups -OCH3 is 1. The van der Waals surface area contributed by atoms with Gasteiger partial charge in [0.25, 0.3) is 0 Å². The quantitative estimate of drug-likeness (QED) is 0.679. The summed E-state index contributed by atoms with van der Waals surface area (Å²) in [5.41, 5.74) is 9.12. The maximum absolute atomic E-state index is 5.55. The number of benzene rings is 1. The van der Waals surface area contributed by atoms with Crippen molar-refractivity contribution in [1.82, 2.24) is 0 Å². The van der Waals surface area contributed by atoms with Crippen LogP contribution in [0, 0.1) is 17.8 Å². The zero-order valence-electron chi connectivity index (χ0n) is 18.1. The molecular formula is C25H41NO. The molecule has 3 fully saturated rings. The lowest BCUT2D eigenvalue weighted by Gasteiger charge is -2.52. The summed E-state index contributed by atoms with van der Waals surface area (Å²) in [5, 5.41) is 0. The van der Waals surface area contributed by atoms with E-state index in [2.05, 4.69) is 39.0 Å². The van der Waals surface area contributed by atoms with Crippen LogP contribution in [0.15, 0.2) is 18.2 Å². The molecule has 4 rings (SSSR count). The molecule has 0 saturated heterocycles. The van der Waals surface area contributed by atoms with Gasteiger partial charge in [0.15, 0.2) is 0 Å². The van der Waals surface area contributed by atoms with Gasteiger partial charge in [-0.3, -0.25) is 0 Å². The molecule has 2 N–H and O–H groups in total. The summed E-state index contributed by atoms with van der Waals surface area (Å²) in [6.45, 7) is 6.87. The third-order valence-electron chi connectivity index (χ3n) is 7.67. The standard InChI is InChI=1S/C20H30O.C5H11N/c1-4-16-10-11-17(21-3)14-19(16)20-12-6-5-9-18(20)15(2)8-7-13-20;1-4(6)5-2-3-5/h10-11,14-15,18H,4-9,12-13H2,1-3H3;4-5H,2-3,6H2,1H3/t15-,18?,20+;/m0./s1. The van der Waals surface area contributed by atoms with Crippen LogP contribution in [-0.4, -0.2) is 13.2 Å². The van der Waals surface area contributed by atoms with E-state index in [4.69, 9.17) is 10.5 Å². The van der Waals surface area contributed by atoms with Crippen molar-refractivity contribution in [3.05, 3.63) is 29.3 Å². The lowest BCUT2D eigenvalue weighted by molar-refractivity contribution is 0.0744. The van der Waals surface area contributed by atoms with Gasteiger partial charge in [-0.25, -0.2) is 0 Å². The predicted octanol–water partition coefficient (Wildman–Crippen LogP) is 6.25. The fourth-order valence-corrected chi connectivity index (χ4v) is 5.89. The Kier molecular flexibility index (Phi) is 6.89. The van der Waals surface area contributed by atoms with Crippen LogP contribution in [0.4, 0.5) is 0 Å². The van der Waals surface area contributed by atoms with Crippen molar-refractivity contribution >= 4 is 0 Å². The van der Waals surface area contributed by atoms with Crippen LogP contribution in [0.3, 0.4) is 0 Å². The summed E-state index contributed by atoms with van der Waals surface area (Å²) >= 11 is 0. The summed E-state index contributed by atoms with van der Waals surface area (Å²) in [7, 11) is 1.80. The summed E-state index contributed by atoms with van der Waals surface area (Å²) in [5.74, 6) is 3.69. The lowest BCUT2D eigenvalue weighted by Crippen LogP contribution is -2.44. The first-order chi connectivity index (χ1) is 13.0. The molecule has 3 saturated carbocycles. The Balaban J connectivity index is 0.000000299. The third kappa shape index (κ3) is 4.53. The molecule has 3 aliphatic rings. The van der Waals surface area contributed by atoms with Crippen molar-refractivity contribution in [3.8, 4) is 5.75 Å². The molecule has 0 amide bonds. The van der Waals surface area contributed by atoms with Crippen LogP contribution >= 0.6 is 0 Å². The van der Waals surface area contributed by atoms with E-state index in [-0.39, 0.29) is 0 Å². The van der Waals surface area contributed by atoms with Crippen molar-refractivity contribution in [2.24, 2.45) is 23.5 Å². The molecule has 0 bridgehead atoms. The van der Waals surface area contributed by atoms with Crippen molar-refractivity contribution in [2.75, 3.05) is 7.11 Å². The van der Waals surface area contributed by atoms with Crippen LogP contribution < -0.4 is 10.5 Å². The second-order valence-electron chi connectivity index (χ2n) is 9.45. The van der Waals surface area contributed by atoms with Crippen LogP contribution in [0.1, 0.15) is 89.7 Å². The van der Waals surface area contributed by atoms with E-state index in [1.807, 2.05) is 0 Å². The molecular weight excluding hydrogens is 330 g/mol. The highest BCUT2D eigenvalue weighted by Crippen LogP contribution is 2.55. The molecule has 1 aromatic rings. The number of hydrogen-bond donors (Lipinski definition) is 1. The molecule has 2 heteroatoms. The smallest absolute Gasteiger partial charge is 0.119 e. The molecule has 0 spiro atoms. The van der Waals surface area contributed by atoms with E-state index in [1.165, 1.54) is 57.8 Å². The van der Waals surface area contributed by atoms with Gasteiger partial charge in [-0.15, -0.1) is 0 Å². The molecule has 2 unspecified atom stereocenters. The van der Waals surface area contributed by atoms with E-state index in [0.29, 0.717) is 11.5 Å². The number of rotatable bonds is 4. The third-order valence-corrected chi connectivity index (χ3v) is 7.67. The fourth-order valence-electron chi connectivity index (χ4n) is 5.89. The van der Waals surface area contributed by atoms with Crippen LogP contribution in [0.25, 0.3) is 0 Å². The van der Waals surface area contributed by atoms with Crippen molar-refractivity contribution < 1.29 is 4.74 Å². The van der Waals surface area contributed by atoms with Crippen LogP contribution in [0.5, 0.6) is 5.75 Å². The highest BCUT2D eigenvalue weighted by molar-refractivity contribution is 5.42. The van der Waals surface area contributed by atoms with E-state index < -0.39 is 0 Å². The molecule has 0 aliphatic heterocycles. The lowest BCUT2D eigenvalue weighted by atomic mass is 9.53. The Labute approximate surface area is 167 Å². The van der Waals surface area contributed by atoms with E-state index in [9.17, 15) is 0 Å². The number of hydrogen-bond acceptors (Lipinski definition) is 2. The van der Waals surface area contributed by atoms with Crippen LogP contribution in [-0.2, 0) is 11.8 Å². The van der Waals surface area contributed by atoms with E-state index in [1.54, 1.807) is 18.2 Å². The first-order valence-electron chi connectivity index (χ1n) is 11.4. The van der Waals surface area contributed by atoms with Gasteiger partial charge in [-0.2, -0.15) is 0 Å². The normalized spacial score (nSPS) is 31.3. The average molecular weight is 372 g/mol. The number of nitrogens with two attached hydrogens (primary N) is 1. The molecule has 0 heterocycles. The summed E-state index contributed by atoms with van der Waals surface area (Å²) in [6, 6.07) is 7.29. The minimum absolute atomic E-state index is 0.440. The number of ether oxygens (including phenoxy) is 1. The molecule has 4 atom stereocenters. The molecule has 3 aliphatic carbocycles. The number of aryl methyl sites for hydroxylation is 1. The van der Waals surface area contributed by atoms with Gasteiger partial charge < -0.3 is 10.5 Å². The topological polar surface area (TPSA) is 35.2 Å². The van der Waals surface area contributed by atoms with Gasteiger partial charge in [0.2, 0.25) is 0 Å². The zero-order chi connectivity index (χ0) is 19.4. The summed E-state index contributed by atoms with van der Waals surface area (Å²) < 4.78 is 5.55. The highest BCUT2D eigenvalue weighted by Gasteiger charge is 2.47. The minimum atomic E-state index is 0.440. The maximum Gasteiger partial charge on any atom is 0.119 e. The molecule has 0 radical (unpaired) electrons. The minimum Gasteiger partial charge on any atom is -0.497 e. The van der Waals surface area contributed by atoms with Crippen molar-refractivity contribution in [3.63, 3.8) is 0 Å². The number of fused-ring (bicyclic) bond motifs is 1. The van der Waals surface area contributed by atoms with Gasteiger partial charge in [0.1, 0.15) is 5.75 Å². The van der Waals surface area contributed by atoms with E-state index in [0.717, 1.165) is 29.9 Å². The molecule has 0 aromatic heterocycles. The molecule has 2 nitrogen and oxygen atoms in total. The van der Waals surface area contributed by atoms with Gasteiger partial charge >= 0.3 is 0 Å². The Hall–Kier alpha value is -1.02. The first kappa shape index (κ1) is 20.7. The van der Waals surface area contributed by atoms with Gasteiger partial charge in [-0.1, -0.05) is 45.6 Å².